The van der Waals surface area contributed by atoms with Crippen molar-refractivity contribution < 1.29 is 9.84 Å². The van der Waals surface area contributed by atoms with Crippen LogP contribution in [0.4, 0.5) is 0 Å². The highest BCUT2D eigenvalue weighted by molar-refractivity contribution is 6.30. The number of rotatable bonds is 3. The van der Waals surface area contributed by atoms with E-state index in [1.807, 2.05) is 12.1 Å². The number of methoxy groups -OCH3 is 1. The smallest absolute Gasteiger partial charge is 0.126 e. The first-order chi connectivity index (χ1) is 8.13. The monoisotopic (exact) mass is 252 g/mol. The lowest BCUT2D eigenvalue weighted by Crippen LogP contribution is -2.05. The summed E-state index contributed by atoms with van der Waals surface area (Å²) < 4.78 is 6.86. The minimum absolute atomic E-state index is 0.546. The number of hydrogen-bond donors (Lipinski definition) is 1. The Bertz CT molecular complexity index is 523. The first kappa shape index (κ1) is 12.0. The molecule has 0 fully saturated rings. The molecule has 2 rings (SSSR count). The summed E-state index contributed by atoms with van der Waals surface area (Å²) in [6.45, 7) is 1.69. The van der Waals surface area contributed by atoms with E-state index in [0.29, 0.717) is 16.3 Å². The van der Waals surface area contributed by atoms with E-state index >= 15 is 0 Å². The molecule has 0 radical (unpaired) electrons. The number of aliphatic hydroxyl groups excluding tert-OH is 1. The second-order valence-corrected chi connectivity index (χ2v) is 4.11. The molecule has 1 N–H and O–H groups in total. The van der Waals surface area contributed by atoms with Crippen molar-refractivity contribution >= 4 is 11.6 Å². The van der Waals surface area contributed by atoms with Crippen LogP contribution in [0, 0.1) is 0 Å². The highest BCUT2D eigenvalue weighted by Gasteiger charge is 2.15. The Morgan fingerprint density at radius 3 is 2.76 bits per heavy atom. The summed E-state index contributed by atoms with van der Waals surface area (Å²) >= 11 is 5.84. The zero-order valence-electron chi connectivity index (χ0n) is 9.59. The molecule has 0 aliphatic rings. The van der Waals surface area contributed by atoms with Gasteiger partial charge in [0.2, 0.25) is 0 Å². The van der Waals surface area contributed by atoms with Crippen LogP contribution >= 0.6 is 11.6 Å². The average Bonchev–Trinajstić information content (AvgIpc) is 2.74. The maximum Gasteiger partial charge on any atom is 0.126 e. The molecule has 0 saturated carbocycles. The van der Waals surface area contributed by atoms with Crippen LogP contribution in [-0.4, -0.2) is 22.0 Å². The zero-order chi connectivity index (χ0) is 12.4. The molecule has 1 aromatic heterocycles. The van der Waals surface area contributed by atoms with Crippen LogP contribution in [0.3, 0.4) is 0 Å². The van der Waals surface area contributed by atoms with Crippen molar-refractivity contribution in [2.24, 2.45) is 0 Å². The van der Waals surface area contributed by atoms with Gasteiger partial charge in [0, 0.05) is 11.8 Å². The molecule has 1 atom stereocenters. The topological polar surface area (TPSA) is 47.3 Å². The summed E-state index contributed by atoms with van der Waals surface area (Å²) in [4.78, 5) is 0. The van der Waals surface area contributed by atoms with E-state index in [2.05, 4.69) is 5.10 Å². The fraction of sp³-hybridized carbons (Fsp3) is 0.250. The van der Waals surface area contributed by atoms with E-state index in [9.17, 15) is 5.11 Å². The molecule has 0 saturated heterocycles. The molecule has 2 aromatic rings. The van der Waals surface area contributed by atoms with E-state index in [-0.39, 0.29) is 0 Å². The summed E-state index contributed by atoms with van der Waals surface area (Å²) in [5.74, 6) is 0.629. The van der Waals surface area contributed by atoms with Crippen LogP contribution in [0.25, 0.3) is 5.69 Å². The van der Waals surface area contributed by atoms with Gasteiger partial charge in [0.1, 0.15) is 5.75 Å². The molecule has 1 unspecified atom stereocenters. The Balaban J connectivity index is 2.60. The van der Waals surface area contributed by atoms with Crippen molar-refractivity contribution in [1.82, 2.24) is 9.78 Å². The molecule has 0 spiro atoms. The molecule has 0 aliphatic carbocycles. The molecule has 0 bridgehead atoms. The number of ether oxygens (including phenoxy) is 1. The predicted molar refractivity (Wildman–Crippen MR) is 65.8 cm³/mol. The maximum atomic E-state index is 9.83. The summed E-state index contributed by atoms with van der Waals surface area (Å²) in [5.41, 5.74) is 1.45. The minimum atomic E-state index is -0.649. The van der Waals surface area contributed by atoms with Gasteiger partial charge in [-0.2, -0.15) is 5.10 Å². The normalized spacial score (nSPS) is 12.5. The SMILES string of the molecule is COc1cccc(-n2cc(Cl)cn2)c1C(C)O. The van der Waals surface area contributed by atoms with E-state index in [0.717, 1.165) is 5.69 Å². The highest BCUT2D eigenvalue weighted by atomic mass is 35.5. The van der Waals surface area contributed by atoms with Crippen molar-refractivity contribution in [2.45, 2.75) is 13.0 Å². The van der Waals surface area contributed by atoms with Crippen molar-refractivity contribution in [3.05, 3.63) is 41.2 Å². The molecule has 0 aliphatic heterocycles. The first-order valence-corrected chi connectivity index (χ1v) is 5.56. The number of aromatic nitrogens is 2. The van der Waals surface area contributed by atoms with Gasteiger partial charge in [-0.05, 0) is 19.1 Å². The van der Waals surface area contributed by atoms with Gasteiger partial charge >= 0.3 is 0 Å². The Labute approximate surface area is 104 Å². The second kappa shape index (κ2) is 4.77. The second-order valence-electron chi connectivity index (χ2n) is 3.67. The van der Waals surface area contributed by atoms with Gasteiger partial charge in [-0.15, -0.1) is 0 Å². The number of aliphatic hydroxyl groups is 1. The molecule has 17 heavy (non-hydrogen) atoms. The Morgan fingerprint density at radius 1 is 1.47 bits per heavy atom. The molecule has 90 valence electrons. The van der Waals surface area contributed by atoms with E-state index in [1.165, 1.54) is 0 Å². The predicted octanol–water partition coefficient (Wildman–Crippen LogP) is 2.59. The number of halogens is 1. The molecule has 5 heteroatoms. The Hall–Kier alpha value is -1.52. The third kappa shape index (κ3) is 2.28. The van der Waals surface area contributed by atoms with Crippen LogP contribution < -0.4 is 4.74 Å². The van der Waals surface area contributed by atoms with Crippen LogP contribution in [0.5, 0.6) is 5.75 Å². The number of benzene rings is 1. The van der Waals surface area contributed by atoms with Gasteiger partial charge in [0.15, 0.2) is 0 Å². The van der Waals surface area contributed by atoms with E-state index in [4.69, 9.17) is 16.3 Å². The summed E-state index contributed by atoms with van der Waals surface area (Å²) in [5, 5.41) is 14.5. The molecule has 4 nitrogen and oxygen atoms in total. The van der Waals surface area contributed by atoms with Crippen LogP contribution in [0.1, 0.15) is 18.6 Å². The third-order valence-corrected chi connectivity index (χ3v) is 2.67. The number of hydrogen-bond acceptors (Lipinski definition) is 3. The molecular weight excluding hydrogens is 240 g/mol. The van der Waals surface area contributed by atoms with Gasteiger partial charge in [-0.25, -0.2) is 4.68 Å². The minimum Gasteiger partial charge on any atom is -0.496 e. The van der Waals surface area contributed by atoms with Crippen molar-refractivity contribution in [2.75, 3.05) is 7.11 Å². The van der Waals surface area contributed by atoms with Crippen molar-refractivity contribution in [3.8, 4) is 11.4 Å². The standard InChI is InChI=1S/C12H13ClN2O2/c1-8(16)12-10(4-3-5-11(12)17-2)15-7-9(13)6-14-15/h3-8,16H,1-2H3. The van der Waals surface area contributed by atoms with Gasteiger partial charge < -0.3 is 9.84 Å². The van der Waals surface area contributed by atoms with E-state index in [1.54, 1.807) is 37.2 Å². The summed E-state index contributed by atoms with van der Waals surface area (Å²) in [7, 11) is 1.57. The van der Waals surface area contributed by atoms with Crippen molar-refractivity contribution in [1.29, 1.82) is 0 Å². The van der Waals surface area contributed by atoms with Crippen LogP contribution in [0.2, 0.25) is 5.02 Å². The van der Waals surface area contributed by atoms with Gasteiger partial charge in [-0.3, -0.25) is 0 Å². The number of nitrogens with zero attached hydrogens (tertiary/aromatic N) is 2. The molecular formula is C12H13ClN2O2. The van der Waals surface area contributed by atoms with Gasteiger partial charge in [0.25, 0.3) is 0 Å². The van der Waals surface area contributed by atoms with Gasteiger partial charge in [-0.1, -0.05) is 17.7 Å². The van der Waals surface area contributed by atoms with Gasteiger partial charge in [0.05, 0.1) is 30.1 Å². The Kier molecular flexibility index (Phi) is 3.36. The van der Waals surface area contributed by atoms with Crippen molar-refractivity contribution in [3.63, 3.8) is 0 Å². The van der Waals surface area contributed by atoms with Crippen LogP contribution in [0.15, 0.2) is 30.6 Å². The molecule has 0 amide bonds. The third-order valence-electron chi connectivity index (χ3n) is 2.48. The lowest BCUT2D eigenvalue weighted by Gasteiger charge is -2.15. The van der Waals surface area contributed by atoms with E-state index < -0.39 is 6.10 Å². The zero-order valence-corrected chi connectivity index (χ0v) is 10.3. The summed E-state index contributed by atoms with van der Waals surface area (Å²) in [6, 6.07) is 5.50. The maximum absolute atomic E-state index is 9.83. The molecule has 1 aromatic carbocycles. The lowest BCUT2D eigenvalue weighted by atomic mass is 10.1. The largest absolute Gasteiger partial charge is 0.496 e. The fourth-order valence-electron chi connectivity index (χ4n) is 1.76. The summed E-state index contributed by atoms with van der Waals surface area (Å²) in [6.07, 6.45) is 2.58. The molecule has 1 heterocycles. The first-order valence-electron chi connectivity index (χ1n) is 5.19. The highest BCUT2D eigenvalue weighted by Crippen LogP contribution is 2.31. The average molecular weight is 253 g/mol. The fourth-order valence-corrected chi connectivity index (χ4v) is 1.90. The van der Waals surface area contributed by atoms with Crippen LogP contribution in [-0.2, 0) is 0 Å². The Morgan fingerprint density at radius 2 is 2.24 bits per heavy atom. The lowest BCUT2D eigenvalue weighted by molar-refractivity contribution is 0.194. The quantitative estimate of drug-likeness (QED) is 0.913.